The standard InChI is InChI=1S/C21H42N2O2/c22-20(24)18-16-14-12-10-8-6-4-2-1-3-5-7-9-11-13-15-17-19-21(23)25/h1-19H2,(H2,22,24)(H2,23,25). The van der Waals surface area contributed by atoms with Gasteiger partial charge in [0.15, 0.2) is 0 Å². The van der Waals surface area contributed by atoms with Crippen molar-refractivity contribution in [3.05, 3.63) is 0 Å². The van der Waals surface area contributed by atoms with E-state index in [4.69, 9.17) is 11.5 Å². The first kappa shape index (κ1) is 23.9. The third-order valence-electron chi connectivity index (χ3n) is 4.85. The van der Waals surface area contributed by atoms with Crippen molar-refractivity contribution in [2.45, 2.75) is 122 Å². The molecule has 0 fully saturated rings. The number of hydrogen-bond donors (Lipinski definition) is 2. The Kier molecular flexibility index (Phi) is 18.5. The summed E-state index contributed by atoms with van der Waals surface area (Å²) >= 11 is 0. The molecule has 4 heteroatoms. The van der Waals surface area contributed by atoms with Gasteiger partial charge in [-0.2, -0.15) is 0 Å². The second-order valence-electron chi connectivity index (χ2n) is 7.44. The molecule has 0 aliphatic heterocycles. The van der Waals surface area contributed by atoms with Gasteiger partial charge in [0.05, 0.1) is 0 Å². The van der Waals surface area contributed by atoms with Crippen molar-refractivity contribution in [1.29, 1.82) is 0 Å². The van der Waals surface area contributed by atoms with Gasteiger partial charge in [-0.05, 0) is 12.8 Å². The van der Waals surface area contributed by atoms with Gasteiger partial charge < -0.3 is 11.5 Å². The van der Waals surface area contributed by atoms with Crippen LogP contribution in [0.25, 0.3) is 0 Å². The smallest absolute Gasteiger partial charge is 0.217 e. The Morgan fingerprint density at radius 2 is 0.520 bits per heavy atom. The Morgan fingerprint density at radius 1 is 0.360 bits per heavy atom. The molecule has 0 spiro atoms. The zero-order chi connectivity index (χ0) is 18.6. The minimum atomic E-state index is -0.166. The van der Waals surface area contributed by atoms with Crippen molar-refractivity contribution < 1.29 is 9.59 Å². The third kappa shape index (κ3) is 22.9. The number of rotatable bonds is 20. The lowest BCUT2D eigenvalue weighted by molar-refractivity contribution is -0.119. The van der Waals surface area contributed by atoms with Crippen molar-refractivity contribution in [2.24, 2.45) is 11.5 Å². The van der Waals surface area contributed by atoms with E-state index in [2.05, 4.69) is 0 Å². The van der Waals surface area contributed by atoms with Gasteiger partial charge in [-0.1, -0.05) is 96.3 Å². The van der Waals surface area contributed by atoms with E-state index in [1.54, 1.807) is 0 Å². The van der Waals surface area contributed by atoms with Crippen molar-refractivity contribution in [1.82, 2.24) is 0 Å². The van der Waals surface area contributed by atoms with Crippen LogP contribution in [0.2, 0.25) is 0 Å². The Hall–Kier alpha value is -1.06. The average molecular weight is 355 g/mol. The fourth-order valence-corrected chi connectivity index (χ4v) is 3.25. The number of amides is 2. The summed E-state index contributed by atoms with van der Waals surface area (Å²) in [5, 5.41) is 0. The Labute approximate surface area is 155 Å². The maximum atomic E-state index is 10.6. The Bertz CT molecular complexity index is 289. The van der Waals surface area contributed by atoms with E-state index in [9.17, 15) is 9.59 Å². The highest BCUT2D eigenvalue weighted by Crippen LogP contribution is 2.14. The second kappa shape index (κ2) is 19.3. The normalized spacial score (nSPS) is 10.9. The van der Waals surface area contributed by atoms with E-state index in [0.717, 1.165) is 25.7 Å². The first-order chi connectivity index (χ1) is 12.1. The summed E-state index contributed by atoms with van der Waals surface area (Å²) in [4.78, 5) is 21.2. The molecular formula is C21H42N2O2. The quantitative estimate of drug-likeness (QED) is 0.288. The number of carbonyl (C=O) groups is 2. The number of nitrogens with two attached hydrogens (primary N) is 2. The van der Waals surface area contributed by atoms with Crippen LogP contribution in [0, 0.1) is 0 Å². The van der Waals surface area contributed by atoms with Gasteiger partial charge in [0.2, 0.25) is 11.8 Å². The summed E-state index contributed by atoms with van der Waals surface area (Å²) in [5.41, 5.74) is 10.2. The maximum Gasteiger partial charge on any atom is 0.217 e. The molecule has 148 valence electrons. The van der Waals surface area contributed by atoms with E-state index in [-0.39, 0.29) is 11.8 Å². The van der Waals surface area contributed by atoms with E-state index < -0.39 is 0 Å². The molecule has 0 saturated heterocycles. The zero-order valence-electron chi connectivity index (χ0n) is 16.4. The predicted octanol–water partition coefficient (Wildman–Crippen LogP) is 5.37. The van der Waals surface area contributed by atoms with Crippen LogP contribution in [0.3, 0.4) is 0 Å². The summed E-state index contributed by atoms with van der Waals surface area (Å²) < 4.78 is 0. The van der Waals surface area contributed by atoms with E-state index in [1.807, 2.05) is 0 Å². The first-order valence-corrected chi connectivity index (χ1v) is 10.7. The lowest BCUT2D eigenvalue weighted by atomic mass is 10.0. The molecule has 0 rings (SSSR count). The Morgan fingerprint density at radius 3 is 0.680 bits per heavy atom. The molecule has 0 aliphatic rings. The molecule has 0 saturated carbocycles. The molecule has 0 atom stereocenters. The van der Waals surface area contributed by atoms with Gasteiger partial charge in [-0.25, -0.2) is 0 Å². The molecule has 0 aromatic rings. The fourth-order valence-electron chi connectivity index (χ4n) is 3.25. The number of carbonyl (C=O) groups excluding carboxylic acids is 2. The van der Waals surface area contributed by atoms with Crippen LogP contribution in [-0.2, 0) is 9.59 Å². The molecule has 0 aromatic carbocycles. The summed E-state index contributed by atoms with van der Waals surface area (Å²) in [6.45, 7) is 0. The highest BCUT2D eigenvalue weighted by molar-refractivity contribution is 5.73. The van der Waals surface area contributed by atoms with Crippen LogP contribution in [0.15, 0.2) is 0 Å². The molecule has 0 unspecified atom stereocenters. The summed E-state index contributed by atoms with van der Waals surface area (Å²) in [6.07, 6.45) is 22.7. The SMILES string of the molecule is NC(=O)CCCCCCCCCCCCCCCCCCCC(N)=O. The first-order valence-electron chi connectivity index (χ1n) is 10.7. The van der Waals surface area contributed by atoms with Gasteiger partial charge in [-0.15, -0.1) is 0 Å². The highest BCUT2D eigenvalue weighted by Gasteiger charge is 1.97. The summed E-state index contributed by atoms with van der Waals surface area (Å²) in [6, 6.07) is 0. The number of primary amides is 2. The van der Waals surface area contributed by atoms with Crippen LogP contribution < -0.4 is 11.5 Å². The summed E-state index contributed by atoms with van der Waals surface area (Å²) in [7, 11) is 0. The molecule has 0 heterocycles. The van der Waals surface area contributed by atoms with E-state index in [0.29, 0.717) is 12.8 Å². The monoisotopic (exact) mass is 354 g/mol. The minimum Gasteiger partial charge on any atom is -0.370 e. The van der Waals surface area contributed by atoms with E-state index >= 15 is 0 Å². The van der Waals surface area contributed by atoms with Gasteiger partial charge >= 0.3 is 0 Å². The van der Waals surface area contributed by atoms with Crippen molar-refractivity contribution in [2.75, 3.05) is 0 Å². The van der Waals surface area contributed by atoms with Gasteiger partial charge in [0, 0.05) is 12.8 Å². The molecule has 0 aromatic heterocycles. The van der Waals surface area contributed by atoms with Crippen molar-refractivity contribution >= 4 is 11.8 Å². The number of unbranched alkanes of at least 4 members (excludes halogenated alkanes) is 16. The average Bonchev–Trinajstić information content (AvgIpc) is 2.56. The van der Waals surface area contributed by atoms with Crippen molar-refractivity contribution in [3.8, 4) is 0 Å². The molecule has 0 bridgehead atoms. The van der Waals surface area contributed by atoms with Crippen LogP contribution in [0.5, 0.6) is 0 Å². The summed E-state index contributed by atoms with van der Waals surface area (Å²) in [5.74, 6) is -0.333. The van der Waals surface area contributed by atoms with Gasteiger partial charge in [0.1, 0.15) is 0 Å². The molecule has 25 heavy (non-hydrogen) atoms. The Balaban J connectivity index is 3.00. The largest absolute Gasteiger partial charge is 0.370 e. The molecule has 0 radical (unpaired) electrons. The molecular weight excluding hydrogens is 312 g/mol. The van der Waals surface area contributed by atoms with Gasteiger partial charge in [0.25, 0.3) is 0 Å². The lowest BCUT2D eigenvalue weighted by Crippen LogP contribution is -2.09. The lowest BCUT2D eigenvalue weighted by Gasteiger charge is -2.03. The molecule has 4 N–H and O–H groups in total. The van der Waals surface area contributed by atoms with Crippen LogP contribution in [-0.4, -0.2) is 11.8 Å². The predicted molar refractivity (Wildman–Crippen MR) is 106 cm³/mol. The van der Waals surface area contributed by atoms with Crippen LogP contribution >= 0.6 is 0 Å². The topological polar surface area (TPSA) is 86.2 Å². The van der Waals surface area contributed by atoms with Crippen LogP contribution in [0.4, 0.5) is 0 Å². The van der Waals surface area contributed by atoms with Gasteiger partial charge in [-0.3, -0.25) is 9.59 Å². The molecule has 2 amide bonds. The van der Waals surface area contributed by atoms with Crippen LogP contribution in [0.1, 0.15) is 122 Å². The zero-order valence-corrected chi connectivity index (χ0v) is 16.4. The second-order valence-corrected chi connectivity index (χ2v) is 7.44. The fraction of sp³-hybridized carbons (Fsp3) is 0.905. The number of hydrogen-bond acceptors (Lipinski definition) is 2. The highest BCUT2D eigenvalue weighted by atomic mass is 16.1. The minimum absolute atomic E-state index is 0.166. The van der Waals surface area contributed by atoms with Crippen molar-refractivity contribution in [3.63, 3.8) is 0 Å². The molecule has 4 nitrogen and oxygen atoms in total. The third-order valence-corrected chi connectivity index (χ3v) is 4.85. The maximum absolute atomic E-state index is 10.6. The molecule has 0 aliphatic carbocycles. The van der Waals surface area contributed by atoms with E-state index in [1.165, 1.54) is 83.5 Å².